The summed E-state index contributed by atoms with van der Waals surface area (Å²) in [4.78, 5) is 14.3. The molecule has 1 amide bonds. The Morgan fingerprint density at radius 2 is 2.05 bits per heavy atom. The Hall–Kier alpha value is -1.51. The van der Waals surface area contributed by atoms with Crippen LogP contribution in [-0.4, -0.2) is 31.4 Å². The number of hydrogen-bond donors (Lipinski definition) is 1. The molecule has 0 heterocycles. The van der Waals surface area contributed by atoms with Crippen LogP contribution in [0.4, 0.5) is 5.69 Å². The summed E-state index contributed by atoms with van der Waals surface area (Å²) in [5.41, 5.74) is 1.75. The van der Waals surface area contributed by atoms with Gasteiger partial charge in [-0.05, 0) is 37.0 Å². The van der Waals surface area contributed by atoms with Crippen LogP contribution in [0.15, 0.2) is 24.3 Å². The first-order valence-corrected chi connectivity index (χ1v) is 7.24. The van der Waals surface area contributed by atoms with Gasteiger partial charge in [-0.3, -0.25) is 4.79 Å². The highest BCUT2D eigenvalue weighted by Crippen LogP contribution is 2.24. The molecule has 19 heavy (non-hydrogen) atoms. The molecule has 1 aromatic carbocycles. The summed E-state index contributed by atoms with van der Waals surface area (Å²) >= 11 is 0. The lowest BCUT2D eigenvalue weighted by Gasteiger charge is -2.27. The third kappa shape index (κ3) is 3.72. The van der Waals surface area contributed by atoms with Gasteiger partial charge in [-0.25, -0.2) is 0 Å². The fourth-order valence-electron chi connectivity index (χ4n) is 2.87. The van der Waals surface area contributed by atoms with Crippen LogP contribution < -0.4 is 5.32 Å². The minimum atomic E-state index is 0.127. The van der Waals surface area contributed by atoms with Crippen molar-refractivity contribution in [2.75, 3.05) is 26.0 Å². The zero-order valence-corrected chi connectivity index (χ0v) is 12.0. The van der Waals surface area contributed by atoms with Crippen LogP contribution in [-0.2, 0) is 0 Å². The number of rotatable bonds is 4. The highest BCUT2D eigenvalue weighted by atomic mass is 16.2. The van der Waals surface area contributed by atoms with Crippen molar-refractivity contribution >= 4 is 11.6 Å². The van der Waals surface area contributed by atoms with Gasteiger partial charge in [0.1, 0.15) is 0 Å². The molecule has 0 saturated heterocycles. The predicted molar refractivity (Wildman–Crippen MR) is 79.5 cm³/mol. The summed E-state index contributed by atoms with van der Waals surface area (Å²) in [6.07, 6.45) is 6.55. The molecule has 0 radical (unpaired) electrons. The lowest BCUT2D eigenvalue weighted by Crippen LogP contribution is -2.32. The van der Waals surface area contributed by atoms with Crippen LogP contribution in [0.5, 0.6) is 0 Å². The van der Waals surface area contributed by atoms with Crippen molar-refractivity contribution in [3.8, 4) is 0 Å². The molecule has 1 aliphatic rings. The Balaban J connectivity index is 1.97. The SMILES string of the molecule is CNc1cccc(C(=O)N(C)CC2CCCCC2)c1. The molecular weight excluding hydrogens is 236 g/mol. The quantitative estimate of drug-likeness (QED) is 0.900. The number of nitrogens with one attached hydrogen (secondary N) is 1. The highest BCUT2D eigenvalue weighted by molar-refractivity contribution is 5.94. The topological polar surface area (TPSA) is 32.3 Å². The second-order valence-electron chi connectivity index (χ2n) is 5.52. The van der Waals surface area contributed by atoms with E-state index in [0.717, 1.165) is 17.8 Å². The van der Waals surface area contributed by atoms with Crippen molar-refractivity contribution in [3.63, 3.8) is 0 Å². The standard InChI is InChI=1S/C16H24N2O/c1-17-15-10-6-9-14(11-15)16(19)18(2)12-13-7-4-3-5-8-13/h6,9-11,13,17H,3-5,7-8,12H2,1-2H3. The van der Waals surface area contributed by atoms with Gasteiger partial charge in [0.2, 0.25) is 0 Å². The Morgan fingerprint density at radius 1 is 1.32 bits per heavy atom. The molecule has 1 N–H and O–H groups in total. The zero-order chi connectivity index (χ0) is 13.7. The summed E-state index contributed by atoms with van der Waals surface area (Å²) in [5.74, 6) is 0.817. The third-order valence-corrected chi connectivity index (χ3v) is 4.00. The number of carbonyl (C=O) groups excluding carboxylic acids is 1. The molecule has 0 spiro atoms. The van der Waals surface area contributed by atoms with Crippen LogP contribution in [0.1, 0.15) is 42.5 Å². The van der Waals surface area contributed by atoms with Crippen molar-refractivity contribution in [1.29, 1.82) is 0 Å². The molecule has 1 saturated carbocycles. The first-order valence-electron chi connectivity index (χ1n) is 7.24. The predicted octanol–water partition coefficient (Wildman–Crippen LogP) is 3.38. The molecule has 0 aliphatic heterocycles. The smallest absolute Gasteiger partial charge is 0.253 e. The number of anilines is 1. The van der Waals surface area contributed by atoms with Crippen LogP contribution in [0.25, 0.3) is 0 Å². The molecule has 104 valence electrons. The average Bonchev–Trinajstić information content (AvgIpc) is 2.47. The van der Waals surface area contributed by atoms with Gasteiger partial charge in [0.15, 0.2) is 0 Å². The summed E-state index contributed by atoms with van der Waals surface area (Å²) < 4.78 is 0. The molecule has 0 aromatic heterocycles. The van der Waals surface area contributed by atoms with E-state index in [1.165, 1.54) is 32.1 Å². The maximum absolute atomic E-state index is 12.4. The number of hydrogen-bond acceptors (Lipinski definition) is 2. The molecule has 0 bridgehead atoms. The molecule has 2 rings (SSSR count). The summed E-state index contributed by atoms with van der Waals surface area (Å²) in [7, 11) is 3.79. The minimum Gasteiger partial charge on any atom is -0.388 e. The van der Waals surface area contributed by atoms with E-state index in [2.05, 4.69) is 5.32 Å². The van der Waals surface area contributed by atoms with Crippen LogP contribution in [0.3, 0.4) is 0 Å². The number of carbonyl (C=O) groups is 1. The third-order valence-electron chi connectivity index (χ3n) is 4.00. The number of amides is 1. The fraction of sp³-hybridized carbons (Fsp3) is 0.562. The van der Waals surface area contributed by atoms with E-state index in [0.29, 0.717) is 5.92 Å². The maximum Gasteiger partial charge on any atom is 0.253 e. The van der Waals surface area contributed by atoms with E-state index >= 15 is 0 Å². The van der Waals surface area contributed by atoms with Crippen LogP contribution in [0, 0.1) is 5.92 Å². The molecule has 0 atom stereocenters. The van der Waals surface area contributed by atoms with Gasteiger partial charge in [0.05, 0.1) is 0 Å². The second-order valence-corrected chi connectivity index (χ2v) is 5.52. The van der Waals surface area contributed by atoms with Gasteiger partial charge in [0, 0.05) is 31.9 Å². The Kier molecular flexibility index (Phi) is 4.83. The van der Waals surface area contributed by atoms with E-state index in [-0.39, 0.29) is 5.91 Å². The van der Waals surface area contributed by atoms with E-state index in [1.54, 1.807) is 0 Å². The van der Waals surface area contributed by atoms with E-state index < -0.39 is 0 Å². The van der Waals surface area contributed by atoms with Gasteiger partial charge < -0.3 is 10.2 Å². The Labute approximate surface area is 116 Å². The van der Waals surface area contributed by atoms with Crippen LogP contribution >= 0.6 is 0 Å². The Bertz CT molecular complexity index is 425. The van der Waals surface area contributed by atoms with Crippen molar-refractivity contribution in [3.05, 3.63) is 29.8 Å². The minimum absolute atomic E-state index is 0.127. The van der Waals surface area contributed by atoms with Gasteiger partial charge in [-0.15, -0.1) is 0 Å². The number of benzene rings is 1. The molecule has 1 fully saturated rings. The lowest BCUT2D eigenvalue weighted by atomic mass is 9.89. The van der Waals surface area contributed by atoms with Crippen molar-refractivity contribution in [2.45, 2.75) is 32.1 Å². The fourth-order valence-corrected chi connectivity index (χ4v) is 2.87. The van der Waals surface area contributed by atoms with Crippen molar-refractivity contribution in [2.24, 2.45) is 5.92 Å². The largest absolute Gasteiger partial charge is 0.388 e. The first kappa shape index (κ1) is 13.9. The highest BCUT2D eigenvalue weighted by Gasteiger charge is 2.19. The molecule has 1 aromatic rings. The Morgan fingerprint density at radius 3 is 2.74 bits per heavy atom. The number of nitrogens with zero attached hydrogens (tertiary/aromatic N) is 1. The average molecular weight is 260 g/mol. The van der Waals surface area contributed by atoms with Gasteiger partial charge in [0.25, 0.3) is 5.91 Å². The van der Waals surface area contributed by atoms with Crippen molar-refractivity contribution in [1.82, 2.24) is 4.90 Å². The second kappa shape index (κ2) is 6.60. The van der Waals surface area contributed by atoms with Crippen LogP contribution in [0.2, 0.25) is 0 Å². The lowest BCUT2D eigenvalue weighted by molar-refractivity contribution is 0.0760. The molecule has 3 heteroatoms. The molecular formula is C16H24N2O. The summed E-state index contributed by atoms with van der Waals surface area (Å²) in [5, 5.41) is 3.07. The van der Waals surface area contributed by atoms with E-state index in [9.17, 15) is 4.79 Å². The normalized spacial score (nSPS) is 16.1. The van der Waals surface area contributed by atoms with E-state index in [1.807, 2.05) is 43.3 Å². The van der Waals surface area contributed by atoms with Gasteiger partial charge in [-0.1, -0.05) is 25.3 Å². The van der Waals surface area contributed by atoms with Gasteiger partial charge in [-0.2, -0.15) is 0 Å². The van der Waals surface area contributed by atoms with Gasteiger partial charge >= 0.3 is 0 Å². The maximum atomic E-state index is 12.4. The van der Waals surface area contributed by atoms with Crippen molar-refractivity contribution < 1.29 is 4.79 Å². The molecule has 1 aliphatic carbocycles. The first-order chi connectivity index (χ1) is 9.20. The monoisotopic (exact) mass is 260 g/mol. The zero-order valence-electron chi connectivity index (χ0n) is 12.0. The summed E-state index contributed by atoms with van der Waals surface area (Å²) in [6, 6.07) is 7.70. The summed E-state index contributed by atoms with van der Waals surface area (Å²) in [6.45, 7) is 0.891. The van der Waals surface area contributed by atoms with E-state index in [4.69, 9.17) is 0 Å². The molecule has 3 nitrogen and oxygen atoms in total. The molecule has 0 unspecified atom stereocenters.